The van der Waals surface area contributed by atoms with Crippen LogP contribution in [0.2, 0.25) is 0 Å². The van der Waals surface area contributed by atoms with E-state index in [0.717, 1.165) is 66.3 Å². The van der Waals surface area contributed by atoms with Gasteiger partial charge in [0.25, 0.3) is 0 Å². The number of aryl methyl sites for hydroxylation is 1. The number of aromatic nitrogens is 3. The molecule has 4 bridgehead atoms. The van der Waals surface area contributed by atoms with Gasteiger partial charge < -0.3 is 10.2 Å². The summed E-state index contributed by atoms with van der Waals surface area (Å²) < 4.78 is 0. The van der Waals surface area contributed by atoms with Gasteiger partial charge in [0, 0.05) is 11.3 Å². The van der Waals surface area contributed by atoms with Gasteiger partial charge in [0.05, 0.1) is 24.2 Å². The second kappa shape index (κ2) is 8.30. The van der Waals surface area contributed by atoms with Crippen molar-refractivity contribution in [1.29, 1.82) is 0 Å². The van der Waals surface area contributed by atoms with E-state index in [9.17, 15) is 4.79 Å². The van der Waals surface area contributed by atoms with Gasteiger partial charge in [-0.05, 0) is 43.9 Å². The monoisotopic (exact) mass is 403 g/mol. The van der Waals surface area contributed by atoms with Crippen LogP contribution in [0.15, 0.2) is 55.2 Å². The molecule has 2 aliphatic rings. The number of rotatable bonds is 3. The molecule has 1 unspecified atom stereocenters. The molecule has 2 aromatic heterocycles. The van der Waals surface area contributed by atoms with Crippen molar-refractivity contribution in [2.75, 3.05) is 5.32 Å². The normalized spacial score (nSPS) is 22.1. The fourth-order valence-corrected chi connectivity index (χ4v) is 4.49. The van der Waals surface area contributed by atoms with Crippen molar-refractivity contribution in [2.45, 2.75) is 52.1 Å². The molecule has 0 radical (unpaired) electrons. The highest BCUT2D eigenvalue weighted by molar-refractivity contribution is 5.87. The molecule has 30 heavy (non-hydrogen) atoms. The number of anilines is 2. The third kappa shape index (κ3) is 3.70. The third-order valence-corrected chi connectivity index (χ3v) is 6.23. The summed E-state index contributed by atoms with van der Waals surface area (Å²) in [7, 11) is 0. The lowest BCUT2D eigenvalue weighted by Gasteiger charge is -2.34. The highest BCUT2D eigenvalue weighted by Gasteiger charge is 2.41. The summed E-state index contributed by atoms with van der Waals surface area (Å²) in [6.07, 6.45) is 10.2. The van der Waals surface area contributed by atoms with Crippen molar-refractivity contribution >= 4 is 17.5 Å². The topological polar surface area (TPSA) is 73.9 Å². The zero-order valence-electron chi connectivity index (χ0n) is 17.6. The number of nitrogens with zero attached hydrogens (tertiary/aromatic N) is 3. The summed E-state index contributed by atoms with van der Waals surface area (Å²) in [4.78, 5) is 20.4. The molecule has 1 atom stereocenters. The van der Waals surface area contributed by atoms with Crippen LogP contribution in [0.4, 0.5) is 11.6 Å². The molecule has 0 aromatic carbocycles. The molecule has 6 heteroatoms. The molecule has 0 aliphatic carbocycles. The number of aromatic amines is 1. The van der Waals surface area contributed by atoms with Gasteiger partial charge in [-0.3, -0.25) is 9.89 Å². The smallest absolute Gasteiger partial charge is 0.233 e. The predicted molar refractivity (Wildman–Crippen MR) is 119 cm³/mol. The first-order chi connectivity index (χ1) is 14.5. The standard InChI is InChI=1S/C24H29N5O/c1-4-10-17(5-2)24(3)14-8-6-7-11-18-12-9-13-21(25-18)26-22-19-15-29(23(24)30)16-20(19)27-28-22/h4-5,9-10,12-13H,1-2,6-8,11,14-16H2,3H3,(H2,25,26,27,28)/b17-10+. The van der Waals surface area contributed by atoms with Gasteiger partial charge in [0.2, 0.25) is 5.91 Å². The molecule has 2 N–H and O–H groups in total. The molecular weight excluding hydrogens is 374 g/mol. The van der Waals surface area contributed by atoms with Gasteiger partial charge in [0.15, 0.2) is 5.82 Å². The summed E-state index contributed by atoms with van der Waals surface area (Å²) in [5.74, 6) is 1.65. The molecule has 2 aliphatic heterocycles. The summed E-state index contributed by atoms with van der Waals surface area (Å²) in [6.45, 7) is 10.9. The number of carbonyl (C=O) groups excluding carboxylic acids is 1. The SMILES string of the molecule is C=C/C=C(\C=C)C1(C)CCCCCc2cccc(n2)Nc2n[nH]c3c2CN(C3)C1=O. The second-order valence-corrected chi connectivity index (χ2v) is 8.28. The number of amides is 1. The number of hydrogen-bond acceptors (Lipinski definition) is 4. The van der Waals surface area contributed by atoms with Crippen molar-refractivity contribution in [3.8, 4) is 0 Å². The Morgan fingerprint density at radius 1 is 1.23 bits per heavy atom. The Kier molecular flexibility index (Phi) is 5.57. The second-order valence-electron chi connectivity index (χ2n) is 8.28. The van der Waals surface area contributed by atoms with Crippen molar-refractivity contribution in [2.24, 2.45) is 5.41 Å². The number of hydrogen-bond donors (Lipinski definition) is 2. The average Bonchev–Trinajstić information content (AvgIpc) is 3.32. The summed E-state index contributed by atoms with van der Waals surface area (Å²) >= 11 is 0. The predicted octanol–water partition coefficient (Wildman–Crippen LogP) is 4.81. The van der Waals surface area contributed by atoms with Crippen LogP contribution >= 0.6 is 0 Å². The number of fused-ring (bicyclic) bond motifs is 3. The molecule has 156 valence electrons. The van der Waals surface area contributed by atoms with E-state index in [1.54, 1.807) is 12.2 Å². The number of nitrogens with one attached hydrogen (secondary N) is 2. The molecule has 0 saturated heterocycles. The molecule has 2 aromatic rings. The van der Waals surface area contributed by atoms with Crippen molar-refractivity contribution in [3.63, 3.8) is 0 Å². The first-order valence-electron chi connectivity index (χ1n) is 10.6. The average molecular weight is 404 g/mol. The molecule has 0 fully saturated rings. The maximum Gasteiger partial charge on any atom is 0.233 e. The zero-order chi connectivity index (χ0) is 21.1. The highest BCUT2D eigenvalue weighted by atomic mass is 16.2. The molecule has 0 saturated carbocycles. The van der Waals surface area contributed by atoms with Crippen LogP contribution in [0.1, 0.15) is 49.6 Å². The Morgan fingerprint density at radius 2 is 2.10 bits per heavy atom. The Morgan fingerprint density at radius 3 is 2.90 bits per heavy atom. The van der Waals surface area contributed by atoms with E-state index in [1.165, 1.54) is 0 Å². The molecule has 6 nitrogen and oxygen atoms in total. The van der Waals surface area contributed by atoms with Crippen LogP contribution in [0.3, 0.4) is 0 Å². The first-order valence-corrected chi connectivity index (χ1v) is 10.6. The van der Waals surface area contributed by atoms with Crippen LogP contribution < -0.4 is 5.32 Å². The Balaban J connectivity index is 1.70. The maximum absolute atomic E-state index is 13.7. The lowest BCUT2D eigenvalue weighted by Crippen LogP contribution is -2.41. The number of allylic oxidation sites excluding steroid dienone is 3. The van der Waals surface area contributed by atoms with Crippen LogP contribution in [0.25, 0.3) is 0 Å². The fourth-order valence-electron chi connectivity index (χ4n) is 4.49. The van der Waals surface area contributed by atoms with Gasteiger partial charge in [-0.25, -0.2) is 4.98 Å². The maximum atomic E-state index is 13.7. The minimum atomic E-state index is -0.629. The number of pyridine rings is 1. The van der Waals surface area contributed by atoms with Gasteiger partial charge in [0.1, 0.15) is 5.82 Å². The van der Waals surface area contributed by atoms with Gasteiger partial charge >= 0.3 is 0 Å². The van der Waals surface area contributed by atoms with E-state index in [0.29, 0.717) is 13.1 Å². The van der Waals surface area contributed by atoms with E-state index in [4.69, 9.17) is 4.98 Å². The molecular formula is C24H29N5O. The summed E-state index contributed by atoms with van der Waals surface area (Å²) in [5, 5.41) is 10.9. The van der Waals surface area contributed by atoms with E-state index in [2.05, 4.69) is 34.7 Å². The number of H-pyrrole nitrogens is 1. The van der Waals surface area contributed by atoms with Crippen LogP contribution in [0.5, 0.6) is 0 Å². The van der Waals surface area contributed by atoms with Crippen molar-refractivity contribution in [1.82, 2.24) is 20.1 Å². The Labute approximate surface area is 177 Å². The van der Waals surface area contributed by atoms with Gasteiger partial charge in [-0.1, -0.05) is 50.3 Å². The molecule has 4 heterocycles. The largest absolute Gasteiger partial charge is 0.332 e. The zero-order valence-corrected chi connectivity index (χ0v) is 17.6. The van der Waals surface area contributed by atoms with Crippen molar-refractivity contribution in [3.05, 3.63) is 72.1 Å². The lowest BCUT2D eigenvalue weighted by molar-refractivity contribution is -0.140. The minimum absolute atomic E-state index is 0.125. The van der Waals surface area contributed by atoms with E-state index < -0.39 is 5.41 Å². The lowest BCUT2D eigenvalue weighted by atomic mass is 9.75. The summed E-state index contributed by atoms with van der Waals surface area (Å²) in [5.41, 5.74) is 3.37. The molecule has 4 rings (SSSR count). The highest BCUT2D eigenvalue weighted by Crippen LogP contribution is 2.39. The minimum Gasteiger partial charge on any atom is -0.332 e. The van der Waals surface area contributed by atoms with Gasteiger partial charge in [-0.2, -0.15) is 5.10 Å². The molecule has 1 amide bonds. The summed E-state index contributed by atoms with van der Waals surface area (Å²) in [6, 6.07) is 6.04. The quantitative estimate of drug-likeness (QED) is 0.721. The Bertz CT molecular complexity index is 1000. The van der Waals surface area contributed by atoms with Crippen molar-refractivity contribution < 1.29 is 4.79 Å². The van der Waals surface area contributed by atoms with Crippen LogP contribution in [0, 0.1) is 5.41 Å². The fraction of sp³-hybridized carbons (Fsp3) is 0.375. The van der Waals surface area contributed by atoms with E-state index >= 15 is 0 Å². The Hall–Kier alpha value is -3.15. The van der Waals surface area contributed by atoms with E-state index in [1.807, 2.05) is 30.0 Å². The van der Waals surface area contributed by atoms with E-state index in [-0.39, 0.29) is 5.91 Å². The third-order valence-electron chi connectivity index (χ3n) is 6.23. The number of carbonyl (C=O) groups is 1. The van der Waals surface area contributed by atoms with Crippen LogP contribution in [-0.2, 0) is 24.3 Å². The molecule has 0 spiro atoms. The van der Waals surface area contributed by atoms with Crippen LogP contribution in [-0.4, -0.2) is 26.0 Å². The van der Waals surface area contributed by atoms with Gasteiger partial charge in [-0.15, -0.1) is 0 Å². The first kappa shape index (κ1) is 20.1.